The molecule has 10 rings (SSSR count). The van der Waals surface area contributed by atoms with Crippen LogP contribution in [0.3, 0.4) is 0 Å². The molecular weight excluding hydrogens is 589 g/mol. The summed E-state index contributed by atoms with van der Waals surface area (Å²) in [6.45, 7) is 0. The molecule has 0 aliphatic heterocycles. The molecule has 5 nitrogen and oxygen atoms in total. The monoisotopic (exact) mass is 614 g/mol. The second-order valence-corrected chi connectivity index (χ2v) is 12.0. The number of benzene rings is 7. The molecule has 0 saturated carbocycles. The molecule has 0 saturated heterocycles. The molecule has 0 radical (unpaired) electrons. The molecule has 7 aromatic carbocycles. The maximum Gasteiger partial charge on any atom is 0.238 e. The van der Waals surface area contributed by atoms with Gasteiger partial charge in [-0.2, -0.15) is 9.97 Å². The number of para-hydroxylation sites is 2. The SMILES string of the molecule is c1ccc(-c2nc(-c3ccccc3)nc(-n3c4cc5ccccc5cc4c4cccc(-c5cccc6oc7ccccc7c56)c43)n2)cc1. The number of aromatic nitrogens is 4. The highest BCUT2D eigenvalue weighted by atomic mass is 16.3. The van der Waals surface area contributed by atoms with Crippen LogP contribution in [0.15, 0.2) is 162 Å². The van der Waals surface area contributed by atoms with Crippen molar-refractivity contribution < 1.29 is 4.42 Å². The molecule has 3 heterocycles. The Labute approximate surface area is 275 Å². The summed E-state index contributed by atoms with van der Waals surface area (Å²) in [4.78, 5) is 15.4. The summed E-state index contributed by atoms with van der Waals surface area (Å²) >= 11 is 0. The van der Waals surface area contributed by atoms with Crippen LogP contribution in [-0.4, -0.2) is 19.5 Å². The summed E-state index contributed by atoms with van der Waals surface area (Å²) in [7, 11) is 0. The minimum atomic E-state index is 0.565. The zero-order valence-corrected chi connectivity index (χ0v) is 25.7. The maximum atomic E-state index is 6.34. The Morgan fingerprint density at radius 3 is 1.77 bits per heavy atom. The van der Waals surface area contributed by atoms with Crippen LogP contribution in [0.4, 0.5) is 0 Å². The van der Waals surface area contributed by atoms with E-state index in [1.165, 1.54) is 5.39 Å². The second kappa shape index (κ2) is 10.5. The van der Waals surface area contributed by atoms with E-state index in [4.69, 9.17) is 19.4 Å². The molecule has 0 fully saturated rings. The molecule has 0 N–H and O–H groups in total. The van der Waals surface area contributed by atoms with E-state index < -0.39 is 0 Å². The van der Waals surface area contributed by atoms with E-state index in [0.717, 1.165) is 71.4 Å². The highest BCUT2D eigenvalue weighted by Gasteiger charge is 2.22. The Morgan fingerprint density at radius 1 is 0.438 bits per heavy atom. The zero-order chi connectivity index (χ0) is 31.6. The Balaban J connectivity index is 1.37. The van der Waals surface area contributed by atoms with E-state index in [9.17, 15) is 0 Å². The summed E-state index contributed by atoms with van der Waals surface area (Å²) in [5.41, 5.74) is 7.83. The van der Waals surface area contributed by atoms with Gasteiger partial charge in [-0.3, -0.25) is 4.57 Å². The van der Waals surface area contributed by atoms with Gasteiger partial charge < -0.3 is 4.42 Å². The third kappa shape index (κ3) is 4.08. The third-order valence-electron chi connectivity index (χ3n) is 9.24. The lowest BCUT2D eigenvalue weighted by Gasteiger charge is -2.13. The predicted molar refractivity (Wildman–Crippen MR) is 195 cm³/mol. The van der Waals surface area contributed by atoms with E-state index in [0.29, 0.717) is 17.6 Å². The minimum Gasteiger partial charge on any atom is -0.456 e. The number of nitrogens with zero attached hydrogens (tertiary/aromatic N) is 4. The van der Waals surface area contributed by atoms with E-state index in [1.54, 1.807) is 0 Å². The summed E-state index contributed by atoms with van der Waals surface area (Å²) in [5, 5.41) is 6.78. The van der Waals surface area contributed by atoms with Crippen LogP contribution >= 0.6 is 0 Å². The molecule has 5 heteroatoms. The fraction of sp³-hybridized carbons (Fsp3) is 0. The number of hydrogen-bond donors (Lipinski definition) is 0. The van der Waals surface area contributed by atoms with E-state index in [1.807, 2.05) is 78.9 Å². The average molecular weight is 615 g/mol. The Hall–Kier alpha value is -6.59. The van der Waals surface area contributed by atoms with Gasteiger partial charge in [0, 0.05) is 38.2 Å². The number of fused-ring (bicyclic) bond motifs is 7. The second-order valence-electron chi connectivity index (χ2n) is 12.0. The van der Waals surface area contributed by atoms with Crippen molar-refractivity contribution in [2.24, 2.45) is 0 Å². The van der Waals surface area contributed by atoms with Crippen molar-refractivity contribution in [1.82, 2.24) is 19.5 Å². The molecule has 0 aliphatic rings. The van der Waals surface area contributed by atoms with Crippen LogP contribution in [0.1, 0.15) is 0 Å². The predicted octanol–water partition coefficient (Wildman–Crippen LogP) is 11.0. The molecule has 10 aromatic rings. The fourth-order valence-corrected chi connectivity index (χ4v) is 7.07. The molecular formula is C43H26N4O. The number of hydrogen-bond acceptors (Lipinski definition) is 4. The normalized spacial score (nSPS) is 11.8. The molecule has 0 unspecified atom stereocenters. The molecule has 0 bridgehead atoms. The van der Waals surface area contributed by atoms with Crippen molar-refractivity contribution in [1.29, 1.82) is 0 Å². The van der Waals surface area contributed by atoms with Crippen LogP contribution in [0.2, 0.25) is 0 Å². The van der Waals surface area contributed by atoms with Gasteiger partial charge in [0.2, 0.25) is 5.95 Å². The Kier molecular flexibility index (Phi) is 5.81. The Morgan fingerprint density at radius 2 is 1.02 bits per heavy atom. The number of furan rings is 1. The highest BCUT2D eigenvalue weighted by molar-refractivity contribution is 6.20. The van der Waals surface area contributed by atoms with Crippen LogP contribution in [0.25, 0.3) is 94.4 Å². The van der Waals surface area contributed by atoms with Crippen molar-refractivity contribution >= 4 is 54.5 Å². The third-order valence-corrected chi connectivity index (χ3v) is 9.24. The first-order valence-electron chi connectivity index (χ1n) is 16.0. The van der Waals surface area contributed by atoms with Crippen molar-refractivity contribution in [3.63, 3.8) is 0 Å². The molecule has 0 atom stereocenters. The summed E-state index contributed by atoms with van der Waals surface area (Å²) in [5.74, 6) is 1.81. The first-order valence-corrected chi connectivity index (χ1v) is 16.0. The topological polar surface area (TPSA) is 56.7 Å². The minimum absolute atomic E-state index is 0.565. The average Bonchev–Trinajstić information content (AvgIpc) is 3.70. The fourth-order valence-electron chi connectivity index (χ4n) is 7.07. The van der Waals surface area contributed by atoms with Crippen LogP contribution in [0.5, 0.6) is 0 Å². The van der Waals surface area contributed by atoms with Gasteiger partial charge in [-0.15, -0.1) is 0 Å². The van der Waals surface area contributed by atoms with Crippen LogP contribution in [-0.2, 0) is 0 Å². The molecule has 0 aliphatic carbocycles. The van der Waals surface area contributed by atoms with Gasteiger partial charge in [-0.05, 0) is 40.6 Å². The first-order chi connectivity index (χ1) is 23.8. The molecule has 48 heavy (non-hydrogen) atoms. The van der Waals surface area contributed by atoms with E-state index >= 15 is 0 Å². The van der Waals surface area contributed by atoms with Gasteiger partial charge in [0.25, 0.3) is 0 Å². The highest BCUT2D eigenvalue weighted by Crippen LogP contribution is 2.43. The van der Waals surface area contributed by atoms with Gasteiger partial charge in [0.1, 0.15) is 11.2 Å². The lowest BCUT2D eigenvalue weighted by atomic mass is 9.97. The van der Waals surface area contributed by atoms with Gasteiger partial charge in [-0.25, -0.2) is 4.98 Å². The van der Waals surface area contributed by atoms with Gasteiger partial charge in [-0.1, -0.05) is 133 Å². The van der Waals surface area contributed by atoms with E-state index in [-0.39, 0.29) is 0 Å². The lowest BCUT2D eigenvalue weighted by molar-refractivity contribution is 0.669. The molecule has 0 amide bonds. The van der Waals surface area contributed by atoms with Crippen LogP contribution < -0.4 is 0 Å². The van der Waals surface area contributed by atoms with Crippen molar-refractivity contribution in [2.45, 2.75) is 0 Å². The Bertz CT molecular complexity index is 2780. The smallest absolute Gasteiger partial charge is 0.238 e. The largest absolute Gasteiger partial charge is 0.456 e. The summed E-state index contributed by atoms with van der Waals surface area (Å²) < 4.78 is 8.57. The van der Waals surface area contributed by atoms with Crippen molar-refractivity contribution in [2.75, 3.05) is 0 Å². The van der Waals surface area contributed by atoms with Crippen molar-refractivity contribution in [3.8, 4) is 39.9 Å². The van der Waals surface area contributed by atoms with Gasteiger partial charge in [0.05, 0.1) is 11.0 Å². The van der Waals surface area contributed by atoms with E-state index in [2.05, 4.69) is 83.4 Å². The maximum absolute atomic E-state index is 6.34. The van der Waals surface area contributed by atoms with Gasteiger partial charge >= 0.3 is 0 Å². The molecule has 224 valence electrons. The first kappa shape index (κ1) is 26.6. The van der Waals surface area contributed by atoms with Crippen molar-refractivity contribution in [3.05, 3.63) is 158 Å². The lowest BCUT2D eigenvalue weighted by Crippen LogP contribution is -2.07. The summed E-state index contributed by atoms with van der Waals surface area (Å²) in [6.07, 6.45) is 0. The number of rotatable bonds is 4. The van der Waals surface area contributed by atoms with Crippen LogP contribution in [0, 0.1) is 0 Å². The molecule has 0 spiro atoms. The standard InChI is InChI=1S/C43H26N4O/c1-3-13-27(14-4-1)41-44-42(28-15-5-2-6-16-28)46-43(45-41)47-36-26-30-18-8-7-17-29(30)25-35(36)33-22-11-21-32(40(33)47)31-20-12-24-38-39(31)34-19-9-10-23-37(34)48-38/h1-26H. The molecule has 3 aromatic heterocycles. The summed E-state index contributed by atoms with van der Waals surface area (Å²) in [6, 6.07) is 54.4. The zero-order valence-electron chi connectivity index (χ0n) is 25.7. The quantitative estimate of drug-likeness (QED) is 0.198. The van der Waals surface area contributed by atoms with Gasteiger partial charge in [0.15, 0.2) is 11.6 Å².